The fourth-order valence-electron chi connectivity index (χ4n) is 3.17. The minimum absolute atomic E-state index is 0. The van der Waals surface area contributed by atoms with Crippen molar-refractivity contribution in [2.75, 3.05) is 40.3 Å². The Morgan fingerprint density at radius 3 is 2.41 bits per heavy atom. The number of benzene rings is 1. The molecule has 0 aliphatic carbocycles. The molecule has 0 saturated carbocycles. The van der Waals surface area contributed by atoms with E-state index in [1.54, 1.807) is 7.11 Å². The third kappa shape index (κ3) is 8.55. The zero-order valence-electron chi connectivity index (χ0n) is 17.0. The fourth-order valence-corrected chi connectivity index (χ4v) is 3.17. The van der Waals surface area contributed by atoms with E-state index in [1.165, 1.54) is 38.9 Å². The Morgan fingerprint density at radius 2 is 1.85 bits per heavy atom. The molecule has 1 aromatic carbocycles. The molecule has 1 atom stereocenters. The Morgan fingerprint density at radius 1 is 1.22 bits per heavy atom. The van der Waals surface area contributed by atoms with Gasteiger partial charge in [-0.3, -0.25) is 4.99 Å². The maximum atomic E-state index is 5.93. The van der Waals surface area contributed by atoms with E-state index in [0.29, 0.717) is 12.6 Å². The van der Waals surface area contributed by atoms with Crippen LogP contribution in [0.25, 0.3) is 0 Å². The van der Waals surface area contributed by atoms with Gasteiger partial charge in [-0.2, -0.15) is 0 Å². The second-order valence-electron chi connectivity index (χ2n) is 6.82. The van der Waals surface area contributed by atoms with Crippen LogP contribution in [0.15, 0.2) is 29.3 Å². The Hall–Kier alpha value is -1.22. The molecule has 0 aromatic heterocycles. The lowest BCUT2D eigenvalue weighted by Gasteiger charge is -2.33. The van der Waals surface area contributed by atoms with Gasteiger partial charge in [0.25, 0.3) is 0 Å². The molecule has 1 saturated heterocycles. The zero-order chi connectivity index (χ0) is 18.8. The summed E-state index contributed by atoms with van der Waals surface area (Å²) in [4.78, 5) is 6.89. The summed E-state index contributed by atoms with van der Waals surface area (Å²) in [6.07, 6.45) is 3.60. The summed E-state index contributed by atoms with van der Waals surface area (Å²) < 4.78 is 11.1. The van der Waals surface area contributed by atoms with Crippen molar-refractivity contribution in [1.29, 1.82) is 0 Å². The van der Waals surface area contributed by atoms with E-state index in [4.69, 9.17) is 9.47 Å². The predicted molar refractivity (Wildman–Crippen MR) is 123 cm³/mol. The van der Waals surface area contributed by atoms with Crippen molar-refractivity contribution in [3.63, 3.8) is 0 Å². The second kappa shape index (κ2) is 13.0. The lowest BCUT2D eigenvalue weighted by atomic mass is 10.1. The smallest absolute Gasteiger partial charge is 0.191 e. The molecule has 1 fully saturated rings. The van der Waals surface area contributed by atoms with E-state index in [1.807, 2.05) is 38.2 Å². The molecular formula is C20H35IN4O2. The van der Waals surface area contributed by atoms with Crippen LogP contribution in [0, 0.1) is 0 Å². The number of hydrogen-bond acceptors (Lipinski definition) is 4. The summed E-state index contributed by atoms with van der Waals surface area (Å²) in [5, 5.41) is 6.91. The number of nitrogens with zero attached hydrogens (tertiary/aromatic N) is 2. The molecule has 0 amide bonds. The molecular weight excluding hydrogens is 455 g/mol. The molecule has 2 N–H and O–H groups in total. The average molecular weight is 490 g/mol. The summed E-state index contributed by atoms with van der Waals surface area (Å²) in [6, 6.07) is 8.15. The molecule has 154 valence electrons. The number of piperidine rings is 1. The Balaban J connectivity index is 0.00000364. The van der Waals surface area contributed by atoms with Crippen LogP contribution in [0.4, 0.5) is 0 Å². The third-order valence-corrected chi connectivity index (χ3v) is 4.65. The van der Waals surface area contributed by atoms with Crippen LogP contribution in [0.1, 0.15) is 33.1 Å². The van der Waals surface area contributed by atoms with E-state index in [0.717, 1.165) is 17.5 Å². The number of aliphatic imine (C=N–C) groups is 1. The minimum Gasteiger partial charge on any atom is -0.497 e. The van der Waals surface area contributed by atoms with Crippen LogP contribution >= 0.6 is 24.0 Å². The van der Waals surface area contributed by atoms with Gasteiger partial charge in [-0.1, -0.05) is 6.92 Å². The van der Waals surface area contributed by atoms with Crippen LogP contribution in [0.3, 0.4) is 0 Å². The van der Waals surface area contributed by atoms with Gasteiger partial charge in [-0.15, -0.1) is 24.0 Å². The highest BCUT2D eigenvalue weighted by atomic mass is 127. The number of hydrogen-bond donors (Lipinski definition) is 2. The first-order chi connectivity index (χ1) is 12.6. The molecule has 1 heterocycles. The lowest BCUT2D eigenvalue weighted by Crippen LogP contribution is -2.50. The van der Waals surface area contributed by atoms with Crippen molar-refractivity contribution in [3.05, 3.63) is 24.3 Å². The second-order valence-corrected chi connectivity index (χ2v) is 6.82. The van der Waals surface area contributed by atoms with Crippen LogP contribution in [0.2, 0.25) is 0 Å². The quantitative estimate of drug-likeness (QED) is 0.333. The molecule has 27 heavy (non-hydrogen) atoms. The molecule has 2 rings (SSSR count). The molecule has 1 aliphatic rings. The average Bonchev–Trinajstić information content (AvgIpc) is 2.67. The first-order valence-electron chi connectivity index (χ1n) is 9.64. The van der Waals surface area contributed by atoms with Crippen LogP contribution in [-0.4, -0.2) is 63.3 Å². The standard InChI is InChI=1S/C20H34N4O2.HI/c1-5-12-24-13-10-17(11-14-24)23-20(21-3)22-15-16(2)26-19-8-6-18(25-4)7-9-19;/h6-9,16-17H,5,10-15H2,1-4H3,(H2,21,22,23);1H. The predicted octanol–water partition coefficient (Wildman–Crippen LogP) is 3.12. The van der Waals surface area contributed by atoms with Gasteiger partial charge < -0.3 is 25.0 Å². The van der Waals surface area contributed by atoms with E-state index < -0.39 is 0 Å². The molecule has 6 nitrogen and oxygen atoms in total. The molecule has 1 unspecified atom stereocenters. The van der Waals surface area contributed by atoms with Gasteiger partial charge in [0.2, 0.25) is 0 Å². The van der Waals surface area contributed by atoms with Crippen LogP contribution < -0.4 is 20.1 Å². The summed E-state index contributed by atoms with van der Waals surface area (Å²) in [5.41, 5.74) is 0. The molecule has 0 spiro atoms. The molecule has 1 aromatic rings. The van der Waals surface area contributed by atoms with Crippen LogP contribution in [0.5, 0.6) is 11.5 Å². The summed E-state index contributed by atoms with van der Waals surface area (Å²) >= 11 is 0. The highest BCUT2D eigenvalue weighted by Crippen LogP contribution is 2.18. The highest BCUT2D eigenvalue weighted by Gasteiger charge is 2.19. The van der Waals surface area contributed by atoms with Crippen molar-refractivity contribution in [2.24, 2.45) is 4.99 Å². The summed E-state index contributed by atoms with van der Waals surface area (Å²) in [5.74, 6) is 2.52. The molecule has 7 heteroatoms. The highest BCUT2D eigenvalue weighted by molar-refractivity contribution is 14.0. The van der Waals surface area contributed by atoms with E-state index in [2.05, 4.69) is 27.4 Å². The zero-order valence-corrected chi connectivity index (χ0v) is 19.4. The molecule has 0 radical (unpaired) electrons. The largest absolute Gasteiger partial charge is 0.497 e. The van der Waals surface area contributed by atoms with Crippen molar-refractivity contribution in [3.8, 4) is 11.5 Å². The molecule has 1 aliphatic heterocycles. The van der Waals surface area contributed by atoms with Crippen molar-refractivity contribution >= 4 is 29.9 Å². The van der Waals surface area contributed by atoms with Gasteiger partial charge in [0.05, 0.1) is 13.7 Å². The van der Waals surface area contributed by atoms with Crippen LogP contribution in [-0.2, 0) is 0 Å². The summed E-state index contributed by atoms with van der Waals surface area (Å²) in [6.45, 7) is 8.53. The number of methoxy groups -OCH3 is 1. The van der Waals surface area contributed by atoms with Gasteiger partial charge in [0.1, 0.15) is 17.6 Å². The van der Waals surface area contributed by atoms with Gasteiger partial charge in [-0.25, -0.2) is 0 Å². The first-order valence-corrected chi connectivity index (χ1v) is 9.64. The van der Waals surface area contributed by atoms with E-state index >= 15 is 0 Å². The number of rotatable bonds is 8. The number of likely N-dealkylation sites (tertiary alicyclic amines) is 1. The minimum atomic E-state index is 0. The first kappa shape index (κ1) is 23.8. The van der Waals surface area contributed by atoms with Crippen molar-refractivity contribution < 1.29 is 9.47 Å². The maximum absolute atomic E-state index is 5.93. The Kier molecular flexibility index (Phi) is 11.5. The summed E-state index contributed by atoms with van der Waals surface area (Å²) in [7, 11) is 3.48. The van der Waals surface area contributed by atoms with Gasteiger partial charge in [-0.05, 0) is 57.0 Å². The third-order valence-electron chi connectivity index (χ3n) is 4.65. The van der Waals surface area contributed by atoms with Gasteiger partial charge in [0, 0.05) is 26.2 Å². The Labute approximate surface area is 181 Å². The van der Waals surface area contributed by atoms with E-state index in [9.17, 15) is 0 Å². The SMILES string of the molecule is CCCN1CCC(NC(=NC)NCC(C)Oc2ccc(OC)cc2)CC1.I. The van der Waals surface area contributed by atoms with Crippen molar-refractivity contribution in [1.82, 2.24) is 15.5 Å². The molecule has 0 bridgehead atoms. The lowest BCUT2D eigenvalue weighted by molar-refractivity contribution is 0.205. The normalized spacial score (nSPS) is 17.0. The number of ether oxygens (including phenoxy) is 2. The van der Waals surface area contributed by atoms with E-state index in [-0.39, 0.29) is 30.1 Å². The number of nitrogens with one attached hydrogen (secondary N) is 2. The van der Waals surface area contributed by atoms with Gasteiger partial charge in [0.15, 0.2) is 5.96 Å². The monoisotopic (exact) mass is 490 g/mol. The van der Waals surface area contributed by atoms with Gasteiger partial charge >= 0.3 is 0 Å². The topological polar surface area (TPSA) is 58.1 Å². The number of guanidine groups is 1. The number of halogens is 1. The van der Waals surface area contributed by atoms with Crippen molar-refractivity contribution in [2.45, 2.75) is 45.3 Å². The fraction of sp³-hybridized carbons (Fsp3) is 0.650. The maximum Gasteiger partial charge on any atom is 0.191 e. The Bertz CT molecular complexity index is 545.